The lowest BCUT2D eigenvalue weighted by molar-refractivity contribution is 0.394. The summed E-state index contributed by atoms with van der Waals surface area (Å²) in [6.07, 6.45) is 2.64. The van der Waals surface area contributed by atoms with Crippen LogP contribution in [0.25, 0.3) is 0 Å². The van der Waals surface area contributed by atoms with Gasteiger partial charge >= 0.3 is 0 Å². The molecule has 2 aliphatic heterocycles. The first kappa shape index (κ1) is 9.63. The van der Waals surface area contributed by atoms with Crippen LogP contribution >= 0.6 is 0 Å². The molecule has 16 heavy (non-hydrogen) atoms. The molecule has 1 aromatic carbocycles. The van der Waals surface area contributed by atoms with Crippen molar-refractivity contribution in [1.29, 1.82) is 0 Å². The fraction of sp³-hybridized carbons (Fsp3) is 0.333. The van der Waals surface area contributed by atoms with Crippen LogP contribution in [0, 0.1) is 11.6 Å². The molecule has 0 amide bonds. The molecule has 1 N–H and O–H groups in total. The third-order valence-electron chi connectivity index (χ3n) is 3.26. The van der Waals surface area contributed by atoms with Crippen LogP contribution in [0.2, 0.25) is 0 Å². The van der Waals surface area contributed by atoms with Gasteiger partial charge in [0.05, 0.1) is 6.67 Å². The molecule has 2 nitrogen and oxygen atoms in total. The van der Waals surface area contributed by atoms with Crippen molar-refractivity contribution in [3.63, 3.8) is 0 Å². The second-order valence-corrected chi connectivity index (χ2v) is 4.26. The molecule has 3 rings (SSSR count). The molecule has 84 valence electrons. The van der Waals surface area contributed by atoms with Crippen molar-refractivity contribution in [3.05, 3.63) is 47.3 Å². The highest BCUT2D eigenvalue weighted by molar-refractivity contribution is 5.29. The van der Waals surface area contributed by atoms with Crippen molar-refractivity contribution in [3.8, 4) is 0 Å². The Morgan fingerprint density at radius 3 is 2.69 bits per heavy atom. The van der Waals surface area contributed by atoms with E-state index < -0.39 is 11.6 Å². The highest BCUT2D eigenvalue weighted by atomic mass is 19.1. The zero-order valence-corrected chi connectivity index (χ0v) is 8.71. The maximum Gasteiger partial charge on any atom is 0.129 e. The van der Waals surface area contributed by atoms with Gasteiger partial charge in [-0.2, -0.15) is 0 Å². The topological polar surface area (TPSA) is 15.3 Å². The first-order valence-corrected chi connectivity index (χ1v) is 5.37. The van der Waals surface area contributed by atoms with Crippen LogP contribution in [0.1, 0.15) is 17.9 Å². The minimum Gasteiger partial charge on any atom is -0.372 e. The van der Waals surface area contributed by atoms with Crippen LogP contribution in [-0.4, -0.2) is 18.1 Å². The van der Waals surface area contributed by atoms with Crippen molar-refractivity contribution in [1.82, 2.24) is 10.2 Å². The van der Waals surface area contributed by atoms with Crippen LogP contribution in [0.3, 0.4) is 0 Å². The highest BCUT2D eigenvalue weighted by Crippen LogP contribution is 2.37. The lowest BCUT2D eigenvalue weighted by Crippen LogP contribution is -2.22. The standard InChI is InChI=1S/C12H12F2N2/c13-10-2-1-3-11(14)12(10)8-4-9-5-15-7-16(9)6-8/h1-3,5,8,15H,4,6-7H2/t8-/m0/s1. The second kappa shape index (κ2) is 3.47. The van der Waals surface area contributed by atoms with Gasteiger partial charge in [-0.05, 0) is 18.6 Å². The Morgan fingerprint density at radius 2 is 2.00 bits per heavy atom. The average Bonchev–Trinajstić information content (AvgIpc) is 2.77. The van der Waals surface area contributed by atoms with Gasteiger partial charge < -0.3 is 10.2 Å². The van der Waals surface area contributed by atoms with E-state index in [-0.39, 0.29) is 11.5 Å². The van der Waals surface area contributed by atoms with Gasteiger partial charge in [0, 0.05) is 29.9 Å². The molecule has 0 bridgehead atoms. The summed E-state index contributed by atoms with van der Waals surface area (Å²) >= 11 is 0. The fourth-order valence-corrected chi connectivity index (χ4v) is 2.51. The van der Waals surface area contributed by atoms with Crippen molar-refractivity contribution >= 4 is 0 Å². The summed E-state index contributed by atoms with van der Waals surface area (Å²) in [6, 6.07) is 4.06. The number of nitrogens with zero attached hydrogens (tertiary/aromatic N) is 1. The van der Waals surface area contributed by atoms with Gasteiger partial charge in [0.15, 0.2) is 0 Å². The molecule has 2 aliphatic rings. The maximum absolute atomic E-state index is 13.6. The predicted molar refractivity (Wildman–Crippen MR) is 56.5 cm³/mol. The lowest BCUT2D eigenvalue weighted by Gasteiger charge is -2.15. The van der Waals surface area contributed by atoms with Gasteiger partial charge in [-0.3, -0.25) is 0 Å². The van der Waals surface area contributed by atoms with Crippen LogP contribution in [0.4, 0.5) is 8.78 Å². The maximum atomic E-state index is 13.6. The van der Waals surface area contributed by atoms with Gasteiger partial charge in [0.2, 0.25) is 0 Å². The first-order chi connectivity index (χ1) is 7.75. The van der Waals surface area contributed by atoms with Gasteiger partial charge in [-0.25, -0.2) is 8.78 Å². The van der Waals surface area contributed by atoms with Crippen LogP contribution in [0.15, 0.2) is 30.1 Å². The molecule has 0 unspecified atom stereocenters. The smallest absolute Gasteiger partial charge is 0.129 e. The molecule has 1 saturated heterocycles. The molecule has 4 heteroatoms. The highest BCUT2D eigenvalue weighted by Gasteiger charge is 2.32. The van der Waals surface area contributed by atoms with Gasteiger partial charge in [0.25, 0.3) is 0 Å². The van der Waals surface area contributed by atoms with Crippen molar-refractivity contribution < 1.29 is 8.78 Å². The minimum atomic E-state index is -0.431. The summed E-state index contributed by atoms with van der Waals surface area (Å²) < 4.78 is 27.2. The van der Waals surface area contributed by atoms with Gasteiger partial charge in [-0.1, -0.05) is 6.07 Å². The third-order valence-corrected chi connectivity index (χ3v) is 3.26. The molecular formula is C12H12F2N2. The van der Waals surface area contributed by atoms with Gasteiger partial charge in [0.1, 0.15) is 11.6 Å². The lowest BCUT2D eigenvalue weighted by atomic mass is 9.96. The zero-order chi connectivity index (χ0) is 11.1. The quantitative estimate of drug-likeness (QED) is 0.783. The van der Waals surface area contributed by atoms with Crippen molar-refractivity contribution in [2.24, 2.45) is 0 Å². The van der Waals surface area contributed by atoms with Crippen LogP contribution in [-0.2, 0) is 0 Å². The van der Waals surface area contributed by atoms with Crippen molar-refractivity contribution in [2.45, 2.75) is 12.3 Å². The first-order valence-electron chi connectivity index (χ1n) is 5.37. The van der Waals surface area contributed by atoms with E-state index in [1.54, 1.807) is 0 Å². The Balaban J connectivity index is 1.94. The molecule has 1 fully saturated rings. The summed E-state index contributed by atoms with van der Waals surface area (Å²) in [5, 5.41) is 3.10. The Morgan fingerprint density at radius 1 is 1.25 bits per heavy atom. The summed E-state index contributed by atoms with van der Waals surface area (Å²) in [5.74, 6) is -0.922. The molecule has 1 aromatic rings. The van der Waals surface area contributed by atoms with Crippen molar-refractivity contribution in [2.75, 3.05) is 13.2 Å². The Kier molecular flexibility index (Phi) is 2.09. The second-order valence-electron chi connectivity index (χ2n) is 4.26. The molecule has 0 aliphatic carbocycles. The number of hydrogen-bond donors (Lipinski definition) is 1. The number of benzene rings is 1. The average molecular weight is 222 g/mol. The van der Waals surface area contributed by atoms with E-state index in [0.717, 1.165) is 12.4 Å². The number of rotatable bonds is 1. The zero-order valence-electron chi connectivity index (χ0n) is 8.71. The summed E-state index contributed by atoms with van der Waals surface area (Å²) in [6.45, 7) is 1.44. The largest absolute Gasteiger partial charge is 0.372 e. The van der Waals surface area contributed by atoms with Crippen LogP contribution in [0.5, 0.6) is 0 Å². The minimum absolute atomic E-state index is 0.0606. The van der Waals surface area contributed by atoms with E-state index in [1.165, 1.54) is 18.2 Å². The van der Waals surface area contributed by atoms with Crippen LogP contribution < -0.4 is 5.32 Å². The molecule has 1 atom stereocenters. The number of fused-ring (bicyclic) bond motifs is 1. The van der Waals surface area contributed by atoms with E-state index in [1.807, 2.05) is 6.20 Å². The van der Waals surface area contributed by atoms with E-state index in [9.17, 15) is 8.78 Å². The summed E-state index contributed by atoms with van der Waals surface area (Å²) in [5.41, 5.74) is 1.38. The summed E-state index contributed by atoms with van der Waals surface area (Å²) in [4.78, 5) is 2.12. The third kappa shape index (κ3) is 1.37. The number of halogens is 2. The number of allylic oxidation sites excluding steroid dienone is 1. The Hall–Kier alpha value is -1.58. The number of nitrogens with one attached hydrogen (secondary N) is 1. The number of hydrogen-bond acceptors (Lipinski definition) is 2. The SMILES string of the molecule is Fc1cccc(F)c1[C@H]1CC2=CNCN2C1. The van der Waals surface area contributed by atoms with E-state index in [0.29, 0.717) is 13.0 Å². The van der Waals surface area contributed by atoms with Gasteiger partial charge in [-0.15, -0.1) is 0 Å². The Bertz CT molecular complexity index is 436. The molecular weight excluding hydrogens is 210 g/mol. The molecule has 0 radical (unpaired) electrons. The molecule has 0 aromatic heterocycles. The molecule has 0 spiro atoms. The normalized spacial score (nSPS) is 23.0. The predicted octanol–water partition coefficient (Wildman–Crippen LogP) is 2.16. The monoisotopic (exact) mass is 222 g/mol. The fourth-order valence-electron chi connectivity index (χ4n) is 2.51. The molecule has 2 heterocycles. The van der Waals surface area contributed by atoms with E-state index in [2.05, 4.69) is 10.2 Å². The molecule has 0 saturated carbocycles. The van der Waals surface area contributed by atoms with E-state index >= 15 is 0 Å². The Labute approximate surface area is 92.6 Å². The summed E-state index contributed by atoms with van der Waals surface area (Å²) in [7, 11) is 0. The van der Waals surface area contributed by atoms with E-state index in [4.69, 9.17) is 0 Å².